The maximum Gasteiger partial charge on any atom is 0.245 e. The van der Waals surface area contributed by atoms with Gasteiger partial charge in [-0.3, -0.25) is 9.59 Å². The van der Waals surface area contributed by atoms with Crippen LogP contribution in [0.3, 0.4) is 0 Å². The van der Waals surface area contributed by atoms with E-state index in [4.69, 9.17) is 0 Å². The summed E-state index contributed by atoms with van der Waals surface area (Å²) in [5.74, 6) is 0.153. The van der Waals surface area contributed by atoms with Gasteiger partial charge in [0, 0.05) is 31.5 Å². The predicted molar refractivity (Wildman–Crippen MR) is 71.5 cm³/mol. The fraction of sp³-hybridized carbons (Fsp3) is 0.857. The minimum absolute atomic E-state index is 0.0180. The molecular weight excluding hydrogens is 242 g/mol. The molecule has 3 saturated heterocycles. The van der Waals surface area contributed by atoms with Crippen molar-refractivity contribution in [2.24, 2.45) is 5.41 Å². The molecule has 5 nitrogen and oxygen atoms in total. The molecule has 2 atom stereocenters. The van der Waals surface area contributed by atoms with Crippen molar-refractivity contribution < 1.29 is 9.59 Å². The van der Waals surface area contributed by atoms with Gasteiger partial charge in [0.2, 0.25) is 11.8 Å². The average Bonchev–Trinajstić information content (AvgIpc) is 2.85. The first-order valence-corrected chi connectivity index (χ1v) is 7.47. The number of rotatable bonds is 1. The molecule has 0 aromatic heterocycles. The fourth-order valence-corrected chi connectivity index (χ4v) is 3.79. The Hall–Kier alpha value is -1.10. The number of piperidine rings is 2. The van der Waals surface area contributed by atoms with Gasteiger partial charge in [-0.2, -0.15) is 0 Å². The summed E-state index contributed by atoms with van der Waals surface area (Å²) < 4.78 is 0. The Morgan fingerprint density at radius 2 is 2.16 bits per heavy atom. The van der Waals surface area contributed by atoms with Gasteiger partial charge in [-0.15, -0.1) is 0 Å². The summed E-state index contributed by atoms with van der Waals surface area (Å²) in [7, 11) is 0. The molecule has 3 aliphatic rings. The Balaban J connectivity index is 1.64. The molecule has 2 N–H and O–H groups in total. The van der Waals surface area contributed by atoms with Crippen molar-refractivity contribution in [1.29, 1.82) is 0 Å². The van der Waals surface area contributed by atoms with Crippen LogP contribution in [0.4, 0.5) is 0 Å². The molecule has 0 radical (unpaired) electrons. The number of carbonyl (C=O) groups excluding carboxylic acids is 2. The van der Waals surface area contributed by atoms with E-state index in [1.807, 2.05) is 4.90 Å². The molecule has 0 aromatic carbocycles. The molecule has 0 aromatic rings. The largest absolute Gasteiger partial charge is 0.344 e. The van der Waals surface area contributed by atoms with Crippen molar-refractivity contribution >= 4 is 11.8 Å². The van der Waals surface area contributed by atoms with E-state index >= 15 is 0 Å². The Bertz CT molecular complexity index is 371. The third-order valence-corrected chi connectivity index (χ3v) is 4.83. The molecule has 2 amide bonds. The number of hydrogen-bond acceptors (Lipinski definition) is 3. The van der Waals surface area contributed by atoms with Gasteiger partial charge >= 0.3 is 0 Å². The highest BCUT2D eigenvalue weighted by Crippen LogP contribution is 2.36. The molecule has 19 heavy (non-hydrogen) atoms. The molecule has 5 heteroatoms. The zero-order valence-corrected chi connectivity index (χ0v) is 11.4. The van der Waals surface area contributed by atoms with E-state index < -0.39 is 0 Å². The summed E-state index contributed by atoms with van der Waals surface area (Å²) in [6.45, 7) is 3.86. The van der Waals surface area contributed by atoms with Crippen molar-refractivity contribution in [3.63, 3.8) is 0 Å². The van der Waals surface area contributed by atoms with Crippen LogP contribution in [0.15, 0.2) is 0 Å². The van der Waals surface area contributed by atoms with E-state index in [2.05, 4.69) is 10.6 Å². The van der Waals surface area contributed by atoms with Crippen LogP contribution in [-0.2, 0) is 9.59 Å². The maximum absolute atomic E-state index is 12.5. The van der Waals surface area contributed by atoms with E-state index in [-0.39, 0.29) is 23.3 Å². The number of amides is 2. The lowest BCUT2D eigenvalue weighted by Gasteiger charge is -2.45. The highest BCUT2D eigenvalue weighted by atomic mass is 16.2. The lowest BCUT2D eigenvalue weighted by Crippen LogP contribution is -2.55. The molecule has 0 saturated carbocycles. The second-order valence-electron chi connectivity index (χ2n) is 6.30. The average molecular weight is 265 g/mol. The van der Waals surface area contributed by atoms with E-state index in [0.717, 1.165) is 32.6 Å². The molecule has 3 rings (SSSR count). The molecule has 1 spiro atoms. The van der Waals surface area contributed by atoms with E-state index in [9.17, 15) is 9.59 Å². The summed E-state index contributed by atoms with van der Waals surface area (Å²) in [6.07, 6.45) is 5.91. The van der Waals surface area contributed by atoms with Crippen LogP contribution < -0.4 is 10.6 Å². The molecule has 3 heterocycles. The van der Waals surface area contributed by atoms with Crippen LogP contribution in [0.5, 0.6) is 0 Å². The van der Waals surface area contributed by atoms with Crippen LogP contribution in [0.25, 0.3) is 0 Å². The summed E-state index contributed by atoms with van der Waals surface area (Å²) in [5.41, 5.74) is 0.286. The lowest BCUT2D eigenvalue weighted by atomic mass is 9.74. The Morgan fingerprint density at radius 3 is 2.84 bits per heavy atom. The highest BCUT2D eigenvalue weighted by Gasteiger charge is 2.40. The second-order valence-corrected chi connectivity index (χ2v) is 6.30. The molecular formula is C14H23N3O2. The number of nitrogens with one attached hydrogen (secondary N) is 2. The summed E-state index contributed by atoms with van der Waals surface area (Å²) >= 11 is 0. The van der Waals surface area contributed by atoms with Crippen LogP contribution >= 0.6 is 0 Å². The van der Waals surface area contributed by atoms with Gasteiger partial charge in [0.05, 0.1) is 0 Å². The fourth-order valence-electron chi connectivity index (χ4n) is 3.79. The minimum atomic E-state index is -0.265. The maximum atomic E-state index is 12.5. The smallest absolute Gasteiger partial charge is 0.245 e. The summed E-state index contributed by atoms with van der Waals surface area (Å²) in [6, 6.07) is -0.265. The summed E-state index contributed by atoms with van der Waals surface area (Å²) in [5, 5.41) is 6.27. The number of nitrogens with zero attached hydrogens (tertiary/aromatic N) is 1. The van der Waals surface area contributed by atoms with Gasteiger partial charge in [-0.05, 0) is 38.6 Å². The van der Waals surface area contributed by atoms with Gasteiger partial charge in [0.15, 0.2) is 0 Å². The summed E-state index contributed by atoms with van der Waals surface area (Å²) in [4.78, 5) is 25.7. The Kier molecular flexibility index (Phi) is 3.48. The number of likely N-dealkylation sites (tertiary alicyclic amines) is 1. The highest BCUT2D eigenvalue weighted by molar-refractivity contribution is 5.90. The Morgan fingerprint density at radius 1 is 1.32 bits per heavy atom. The molecule has 3 fully saturated rings. The van der Waals surface area contributed by atoms with Crippen molar-refractivity contribution in [2.75, 3.05) is 26.2 Å². The van der Waals surface area contributed by atoms with Gasteiger partial charge < -0.3 is 15.5 Å². The normalized spacial score (nSPS) is 35.5. The zero-order chi connectivity index (χ0) is 13.3. The number of hydrogen-bond donors (Lipinski definition) is 2. The third-order valence-electron chi connectivity index (χ3n) is 4.83. The SMILES string of the molecule is O=C1CCC(C(=O)N2CCCC3(CCCNC3)C2)N1. The lowest BCUT2D eigenvalue weighted by molar-refractivity contribution is -0.138. The van der Waals surface area contributed by atoms with Crippen LogP contribution in [-0.4, -0.2) is 48.9 Å². The monoisotopic (exact) mass is 265 g/mol. The Labute approximate surface area is 114 Å². The van der Waals surface area contributed by atoms with Gasteiger partial charge in [0.1, 0.15) is 6.04 Å². The minimum Gasteiger partial charge on any atom is -0.344 e. The van der Waals surface area contributed by atoms with Crippen molar-refractivity contribution in [1.82, 2.24) is 15.5 Å². The number of carbonyl (C=O) groups is 2. The molecule has 2 unspecified atom stereocenters. The van der Waals surface area contributed by atoms with Crippen molar-refractivity contribution in [2.45, 2.75) is 44.6 Å². The topological polar surface area (TPSA) is 61.4 Å². The molecule has 0 bridgehead atoms. The third kappa shape index (κ3) is 2.61. The van der Waals surface area contributed by atoms with E-state index in [0.29, 0.717) is 12.8 Å². The van der Waals surface area contributed by atoms with Gasteiger partial charge in [-0.1, -0.05) is 0 Å². The van der Waals surface area contributed by atoms with Gasteiger partial charge in [0.25, 0.3) is 0 Å². The van der Waals surface area contributed by atoms with Crippen LogP contribution in [0, 0.1) is 5.41 Å². The first kappa shape index (κ1) is 12.9. The first-order chi connectivity index (χ1) is 9.19. The molecule has 3 aliphatic heterocycles. The molecule has 0 aliphatic carbocycles. The second kappa shape index (κ2) is 5.12. The van der Waals surface area contributed by atoms with Crippen molar-refractivity contribution in [3.8, 4) is 0 Å². The van der Waals surface area contributed by atoms with E-state index in [1.54, 1.807) is 0 Å². The predicted octanol–water partition coefficient (Wildman–Crippen LogP) is 0.257. The standard InChI is InChI=1S/C14H23N3O2/c18-12-4-3-11(16-12)13(19)17-8-2-6-14(10-17)5-1-7-15-9-14/h11,15H,1-10H2,(H,16,18). The quantitative estimate of drug-likeness (QED) is 0.715. The van der Waals surface area contributed by atoms with Crippen LogP contribution in [0.2, 0.25) is 0 Å². The van der Waals surface area contributed by atoms with Crippen LogP contribution in [0.1, 0.15) is 38.5 Å². The van der Waals surface area contributed by atoms with E-state index in [1.165, 1.54) is 19.3 Å². The molecule has 106 valence electrons. The van der Waals surface area contributed by atoms with Gasteiger partial charge in [-0.25, -0.2) is 0 Å². The van der Waals surface area contributed by atoms with Crippen molar-refractivity contribution in [3.05, 3.63) is 0 Å². The first-order valence-electron chi connectivity index (χ1n) is 7.47. The zero-order valence-electron chi connectivity index (χ0n) is 11.4.